The van der Waals surface area contributed by atoms with Gasteiger partial charge in [0.25, 0.3) is 0 Å². The molecule has 0 bridgehead atoms. The highest BCUT2D eigenvalue weighted by molar-refractivity contribution is 5.71. The summed E-state index contributed by atoms with van der Waals surface area (Å²) in [5.41, 5.74) is 6.22. The van der Waals surface area contributed by atoms with Crippen LogP contribution in [0.25, 0.3) is 22.3 Å². The Labute approximate surface area is 162 Å². The molecule has 0 nitrogen and oxygen atoms in total. The van der Waals surface area contributed by atoms with Gasteiger partial charge in [0.15, 0.2) is 0 Å². The van der Waals surface area contributed by atoms with Crippen molar-refractivity contribution in [3.8, 4) is 22.3 Å². The van der Waals surface area contributed by atoms with Crippen LogP contribution >= 0.6 is 0 Å². The fourth-order valence-corrected chi connectivity index (χ4v) is 4.20. The van der Waals surface area contributed by atoms with Crippen molar-refractivity contribution in [3.63, 3.8) is 0 Å². The van der Waals surface area contributed by atoms with Gasteiger partial charge < -0.3 is 0 Å². The van der Waals surface area contributed by atoms with E-state index in [1.165, 1.54) is 36.8 Å². The molecular formula is C26H27F. The number of hydrogen-bond donors (Lipinski definition) is 0. The summed E-state index contributed by atoms with van der Waals surface area (Å²) < 4.78 is 14.8. The quantitative estimate of drug-likeness (QED) is 0.449. The molecule has 0 amide bonds. The minimum atomic E-state index is -0.160. The van der Waals surface area contributed by atoms with Crippen molar-refractivity contribution in [1.82, 2.24) is 0 Å². The summed E-state index contributed by atoms with van der Waals surface area (Å²) in [7, 11) is 0. The summed E-state index contributed by atoms with van der Waals surface area (Å²) >= 11 is 0. The van der Waals surface area contributed by atoms with Crippen LogP contribution in [-0.2, 0) is 0 Å². The van der Waals surface area contributed by atoms with Gasteiger partial charge in [-0.05, 0) is 59.9 Å². The van der Waals surface area contributed by atoms with Crippen LogP contribution in [0.5, 0.6) is 0 Å². The Hall–Kier alpha value is -2.41. The highest BCUT2D eigenvalue weighted by atomic mass is 19.1. The van der Waals surface area contributed by atoms with Crippen LogP contribution in [0.2, 0.25) is 0 Å². The highest BCUT2D eigenvalue weighted by Crippen LogP contribution is 2.36. The van der Waals surface area contributed by atoms with E-state index in [0.717, 1.165) is 22.6 Å². The minimum absolute atomic E-state index is 0.160. The van der Waals surface area contributed by atoms with E-state index in [1.807, 2.05) is 24.3 Å². The number of benzene rings is 3. The molecule has 27 heavy (non-hydrogen) atoms. The second-order valence-corrected chi connectivity index (χ2v) is 8.14. The van der Waals surface area contributed by atoms with E-state index in [4.69, 9.17) is 0 Å². The molecule has 0 radical (unpaired) electrons. The molecule has 4 rings (SSSR count). The van der Waals surface area contributed by atoms with Crippen molar-refractivity contribution < 1.29 is 4.39 Å². The Kier molecular flexibility index (Phi) is 5.11. The van der Waals surface area contributed by atoms with E-state index in [-0.39, 0.29) is 5.82 Å². The fourth-order valence-electron chi connectivity index (χ4n) is 4.20. The van der Waals surface area contributed by atoms with Gasteiger partial charge in [0.2, 0.25) is 0 Å². The van der Waals surface area contributed by atoms with E-state index >= 15 is 0 Å². The summed E-state index contributed by atoms with van der Waals surface area (Å²) in [4.78, 5) is 0. The number of hydrogen-bond acceptors (Lipinski definition) is 0. The van der Waals surface area contributed by atoms with Crippen LogP contribution in [0.4, 0.5) is 4.39 Å². The van der Waals surface area contributed by atoms with Crippen molar-refractivity contribution in [2.45, 2.75) is 45.4 Å². The van der Waals surface area contributed by atoms with Crippen LogP contribution in [0.3, 0.4) is 0 Å². The van der Waals surface area contributed by atoms with Crippen molar-refractivity contribution in [1.29, 1.82) is 0 Å². The lowest BCUT2D eigenvalue weighted by Gasteiger charge is -2.26. The van der Waals surface area contributed by atoms with Crippen LogP contribution < -0.4 is 0 Å². The maximum atomic E-state index is 14.8. The standard InChI is InChI=1S/C26H27F/c1-18-3-7-20(8-4-18)21-11-13-23(14-12-21)25-16-15-24(17-26(25)27)22-9-5-19(2)6-10-22/h5-6,9-18,20H,3-4,7-8H2,1-2H3. The fraction of sp³-hybridized carbons (Fsp3) is 0.308. The van der Waals surface area contributed by atoms with E-state index in [2.05, 4.69) is 50.2 Å². The Balaban J connectivity index is 1.55. The van der Waals surface area contributed by atoms with Gasteiger partial charge >= 0.3 is 0 Å². The third kappa shape index (κ3) is 3.98. The number of halogens is 1. The molecule has 0 N–H and O–H groups in total. The third-order valence-electron chi connectivity index (χ3n) is 6.06. The molecular weight excluding hydrogens is 331 g/mol. The topological polar surface area (TPSA) is 0 Å². The zero-order chi connectivity index (χ0) is 18.8. The maximum Gasteiger partial charge on any atom is 0.131 e. The first-order valence-electron chi connectivity index (χ1n) is 10.1. The molecule has 0 saturated heterocycles. The Morgan fingerprint density at radius 1 is 0.704 bits per heavy atom. The normalized spacial score (nSPS) is 19.8. The maximum absolute atomic E-state index is 14.8. The molecule has 138 valence electrons. The average molecular weight is 359 g/mol. The molecule has 1 fully saturated rings. The molecule has 0 heterocycles. The smallest absolute Gasteiger partial charge is 0.131 e. The highest BCUT2D eigenvalue weighted by Gasteiger charge is 2.19. The summed E-state index contributed by atoms with van der Waals surface area (Å²) in [5, 5.41) is 0. The molecule has 0 spiro atoms. The second-order valence-electron chi connectivity index (χ2n) is 8.14. The molecule has 1 aliphatic carbocycles. The molecule has 1 heteroatoms. The zero-order valence-corrected chi connectivity index (χ0v) is 16.2. The SMILES string of the molecule is Cc1ccc(-c2ccc(-c3ccc(C4CCC(C)CC4)cc3)c(F)c2)cc1. The van der Waals surface area contributed by atoms with E-state index < -0.39 is 0 Å². The van der Waals surface area contributed by atoms with Gasteiger partial charge in [-0.2, -0.15) is 0 Å². The van der Waals surface area contributed by atoms with Gasteiger partial charge in [-0.1, -0.05) is 86.0 Å². The molecule has 0 atom stereocenters. The van der Waals surface area contributed by atoms with Gasteiger partial charge in [0.1, 0.15) is 5.82 Å². The Morgan fingerprint density at radius 3 is 1.93 bits per heavy atom. The van der Waals surface area contributed by atoms with Gasteiger partial charge in [-0.15, -0.1) is 0 Å². The van der Waals surface area contributed by atoms with Crippen molar-refractivity contribution in [2.75, 3.05) is 0 Å². The van der Waals surface area contributed by atoms with E-state index in [0.29, 0.717) is 11.5 Å². The lowest BCUT2D eigenvalue weighted by molar-refractivity contribution is 0.348. The zero-order valence-electron chi connectivity index (χ0n) is 16.2. The van der Waals surface area contributed by atoms with Crippen molar-refractivity contribution in [3.05, 3.63) is 83.7 Å². The third-order valence-corrected chi connectivity index (χ3v) is 6.06. The summed E-state index contributed by atoms with van der Waals surface area (Å²) in [5.74, 6) is 1.37. The first kappa shape index (κ1) is 18.0. The monoisotopic (exact) mass is 358 g/mol. The molecule has 1 aliphatic rings. The first-order chi connectivity index (χ1) is 13.1. The van der Waals surface area contributed by atoms with Crippen LogP contribution in [0.15, 0.2) is 66.7 Å². The molecule has 0 aromatic heterocycles. The summed E-state index contributed by atoms with van der Waals surface area (Å²) in [6, 6.07) is 22.3. The summed E-state index contributed by atoms with van der Waals surface area (Å²) in [6.07, 6.45) is 5.20. The van der Waals surface area contributed by atoms with Crippen LogP contribution in [0.1, 0.15) is 49.7 Å². The molecule has 3 aromatic carbocycles. The van der Waals surface area contributed by atoms with Gasteiger partial charge in [0.05, 0.1) is 0 Å². The molecule has 3 aromatic rings. The molecule has 0 aliphatic heterocycles. The van der Waals surface area contributed by atoms with Crippen molar-refractivity contribution in [2.24, 2.45) is 5.92 Å². The lowest BCUT2D eigenvalue weighted by Crippen LogP contribution is -2.10. The van der Waals surface area contributed by atoms with Crippen LogP contribution in [-0.4, -0.2) is 0 Å². The number of rotatable bonds is 3. The Bertz CT molecular complexity index is 898. The molecule has 1 saturated carbocycles. The minimum Gasteiger partial charge on any atom is -0.206 e. The summed E-state index contributed by atoms with van der Waals surface area (Å²) in [6.45, 7) is 4.41. The number of aryl methyl sites for hydroxylation is 1. The van der Waals surface area contributed by atoms with Gasteiger partial charge in [-0.25, -0.2) is 4.39 Å². The predicted molar refractivity (Wildman–Crippen MR) is 112 cm³/mol. The molecule has 0 unspecified atom stereocenters. The largest absolute Gasteiger partial charge is 0.206 e. The van der Waals surface area contributed by atoms with E-state index in [1.54, 1.807) is 6.07 Å². The van der Waals surface area contributed by atoms with Gasteiger partial charge in [-0.3, -0.25) is 0 Å². The van der Waals surface area contributed by atoms with Crippen LogP contribution in [0, 0.1) is 18.7 Å². The average Bonchev–Trinajstić information content (AvgIpc) is 2.69. The van der Waals surface area contributed by atoms with Gasteiger partial charge in [0, 0.05) is 5.56 Å². The second kappa shape index (κ2) is 7.68. The lowest BCUT2D eigenvalue weighted by atomic mass is 9.79. The van der Waals surface area contributed by atoms with Crippen molar-refractivity contribution >= 4 is 0 Å². The van der Waals surface area contributed by atoms with E-state index in [9.17, 15) is 4.39 Å². The first-order valence-corrected chi connectivity index (χ1v) is 10.1. The Morgan fingerprint density at radius 2 is 1.30 bits per heavy atom. The predicted octanol–water partition coefficient (Wildman–Crippen LogP) is 7.76.